The summed E-state index contributed by atoms with van der Waals surface area (Å²) in [7, 11) is 2.10. The molecule has 1 aliphatic rings. The van der Waals surface area contributed by atoms with Crippen LogP contribution in [0.5, 0.6) is 0 Å². The number of carbonyl (C=O) groups excluding carboxylic acids is 1. The van der Waals surface area contributed by atoms with Crippen LogP contribution < -0.4 is 10.6 Å². The minimum Gasteiger partial charge on any atom is -0.461 e. The van der Waals surface area contributed by atoms with Crippen molar-refractivity contribution in [1.29, 1.82) is 0 Å². The van der Waals surface area contributed by atoms with Crippen molar-refractivity contribution in [2.75, 3.05) is 33.2 Å². The van der Waals surface area contributed by atoms with Crippen LogP contribution in [0.25, 0.3) is 11.0 Å². The third kappa shape index (κ3) is 4.36. The quantitative estimate of drug-likeness (QED) is 0.834. The Morgan fingerprint density at radius 2 is 2.17 bits per heavy atom. The van der Waals surface area contributed by atoms with Gasteiger partial charge in [0, 0.05) is 38.0 Å². The predicted octanol–water partition coefficient (Wildman–Crippen LogP) is 2.54. The highest BCUT2D eigenvalue weighted by atomic mass is 16.3. The molecule has 0 spiro atoms. The number of carbonyl (C=O) groups is 1. The zero-order valence-corrected chi connectivity index (χ0v) is 13.5. The second-order valence-electron chi connectivity index (χ2n) is 5.98. The zero-order chi connectivity index (χ0) is 16.1. The van der Waals surface area contributed by atoms with Crippen LogP contribution in [0.2, 0.25) is 0 Å². The first kappa shape index (κ1) is 15.6. The average molecular weight is 313 g/mol. The van der Waals surface area contributed by atoms with E-state index in [1.54, 1.807) is 0 Å². The Bertz CT molecular complexity index is 672. The summed E-state index contributed by atoms with van der Waals surface area (Å²) in [5.74, 6) is 0.893. The van der Waals surface area contributed by atoms with E-state index in [0.717, 1.165) is 36.2 Å². The summed E-state index contributed by atoms with van der Waals surface area (Å²) in [6, 6.07) is 9.83. The van der Waals surface area contributed by atoms with E-state index >= 15 is 0 Å². The molecule has 0 bridgehead atoms. The van der Waals surface area contributed by atoms with Crippen LogP contribution in [-0.2, 0) is 6.42 Å². The molecule has 0 atom stereocenters. The van der Waals surface area contributed by atoms with Gasteiger partial charge in [0.1, 0.15) is 11.3 Å². The number of nitrogens with zero attached hydrogens (tertiary/aromatic N) is 1. The van der Waals surface area contributed by atoms with Crippen LogP contribution in [0.3, 0.4) is 0 Å². The molecule has 2 aromatic rings. The van der Waals surface area contributed by atoms with Gasteiger partial charge in [0.05, 0.1) is 0 Å². The average Bonchev–Trinajstić information content (AvgIpc) is 2.97. The molecule has 0 fully saturated rings. The van der Waals surface area contributed by atoms with Crippen molar-refractivity contribution < 1.29 is 9.21 Å². The van der Waals surface area contributed by atoms with E-state index in [2.05, 4.69) is 28.7 Å². The maximum absolute atomic E-state index is 11.8. The zero-order valence-electron chi connectivity index (χ0n) is 13.5. The van der Waals surface area contributed by atoms with Crippen molar-refractivity contribution in [3.63, 3.8) is 0 Å². The summed E-state index contributed by atoms with van der Waals surface area (Å²) in [6.07, 6.45) is 3.91. The molecule has 0 unspecified atom stereocenters. The molecular formula is C18H23N3O2. The summed E-state index contributed by atoms with van der Waals surface area (Å²) < 4.78 is 5.73. The highest BCUT2D eigenvalue weighted by molar-refractivity contribution is 5.77. The lowest BCUT2D eigenvalue weighted by atomic mass is 10.1. The molecule has 5 heteroatoms. The molecule has 2 N–H and O–H groups in total. The number of nitrogens with one attached hydrogen (secondary N) is 2. The van der Waals surface area contributed by atoms with E-state index in [1.165, 1.54) is 5.57 Å². The normalized spacial score (nSPS) is 15.4. The molecule has 1 aliphatic heterocycles. The van der Waals surface area contributed by atoms with Crippen LogP contribution in [0, 0.1) is 0 Å². The smallest absolute Gasteiger partial charge is 0.315 e. The van der Waals surface area contributed by atoms with Gasteiger partial charge in [0.15, 0.2) is 0 Å². The van der Waals surface area contributed by atoms with E-state index in [1.807, 2.05) is 30.3 Å². The maximum atomic E-state index is 11.8. The van der Waals surface area contributed by atoms with Gasteiger partial charge in [-0.25, -0.2) is 4.79 Å². The number of benzene rings is 1. The van der Waals surface area contributed by atoms with Gasteiger partial charge in [-0.1, -0.05) is 29.8 Å². The molecule has 2 heterocycles. The van der Waals surface area contributed by atoms with Crippen molar-refractivity contribution >= 4 is 17.0 Å². The largest absolute Gasteiger partial charge is 0.461 e. The minimum absolute atomic E-state index is 0.124. The summed E-state index contributed by atoms with van der Waals surface area (Å²) in [5.41, 5.74) is 2.19. The molecule has 5 nitrogen and oxygen atoms in total. The second kappa shape index (κ2) is 7.33. The monoisotopic (exact) mass is 313 g/mol. The van der Waals surface area contributed by atoms with Crippen molar-refractivity contribution in [3.8, 4) is 0 Å². The second-order valence-corrected chi connectivity index (χ2v) is 5.98. The summed E-state index contributed by atoms with van der Waals surface area (Å²) in [4.78, 5) is 14.1. The first-order chi connectivity index (χ1) is 11.2. The Balaban J connectivity index is 1.39. The Hall–Kier alpha value is -2.27. The molecule has 23 heavy (non-hydrogen) atoms. The molecule has 2 amide bonds. The van der Waals surface area contributed by atoms with Gasteiger partial charge < -0.3 is 20.0 Å². The summed E-state index contributed by atoms with van der Waals surface area (Å²) in [5, 5.41) is 6.89. The van der Waals surface area contributed by atoms with Crippen LogP contribution in [0.15, 0.2) is 46.4 Å². The minimum atomic E-state index is -0.124. The summed E-state index contributed by atoms with van der Waals surface area (Å²) in [6.45, 7) is 3.21. The van der Waals surface area contributed by atoms with Crippen LogP contribution in [-0.4, -0.2) is 44.2 Å². The van der Waals surface area contributed by atoms with E-state index in [9.17, 15) is 4.79 Å². The number of hydrogen-bond donors (Lipinski definition) is 2. The van der Waals surface area contributed by atoms with Crippen molar-refractivity contribution in [2.24, 2.45) is 0 Å². The lowest BCUT2D eigenvalue weighted by Gasteiger charge is -2.22. The van der Waals surface area contributed by atoms with Gasteiger partial charge in [0.25, 0.3) is 0 Å². The lowest BCUT2D eigenvalue weighted by molar-refractivity contribution is 0.241. The Kier molecular flexibility index (Phi) is 4.98. The molecule has 3 rings (SSSR count). The fourth-order valence-electron chi connectivity index (χ4n) is 2.69. The molecule has 0 saturated carbocycles. The number of furan rings is 1. The topological polar surface area (TPSA) is 57.5 Å². The van der Waals surface area contributed by atoms with Crippen LogP contribution in [0.4, 0.5) is 4.79 Å². The highest BCUT2D eigenvalue weighted by Crippen LogP contribution is 2.18. The number of rotatable bonds is 5. The molecule has 1 aromatic heterocycles. The maximum Gasteiger partial charge on any atom is 0.315 e. The van der Waals surface area contributed by atoms with Gasteiger partial charge >= 0.3 is 6.03 Å². The van der Waals surface area contributed by atoms with Crippen molar-refractivity contribution in [2.45, 2.75) is 12.8 Å². The number of hydrogen-bond acceptors (Lipinski definition) is 3. The standard InChI is InChI=1S/C18H23N3O2/c1-21-10-7-14(8-11-21)13-20-18(22)19-9-6-16-12-15-4-2-3-5-17(15)23-16/h2-5,7,12H,6,8-11,13H2,1H3,(H2,19,20,22). The van der Waals surface area contributed by atoms with Gasteiger partial charge in [-0.3, -0.25) is 0 Å². The SMILES string of the molecule is CN1CC=C(CNC(=O)NCCc2cc3ccccc3o2)CC1. The number of amides is 2. The highest BCUT2D eigenvalue weighted by Gasteiger charge is 2.09. The lowest BCUT2D eigenvalue weighted by Crippen LogP contribution is -2.38. The van der Waals surface area contributed by atoms with E-state index in [-0.39, 0.29) is 6.03 Å². The van der Waals surface area contributed by atoms with Gasteiger partial charge in [-0.15, -0.1) is 0 Å². The van der Waals surface area contributed by atoms with Gasteiger partial charge in [-0.05, 0) is 25.6 Å². The predicted molar refractivity (Wildman–Crippen MR) is 91.5 cm³/mol. The Morgan fingerprint density at radius 3 is 2.96 bits per heavy atom. The third-order valence-electron chi connectivity index (χ3n) is 4.12. The summed E-state index contributed by atoms with van der Waals surface area (Å²) >= 11 is 0. The first-order valence-corrected chi connectivity index (χ1v) is 8.06. The Morgan fingerprint density at radius 1 is 1.30 bits per heavy atom. The Labute approximate surface area is 136 Å². The van der Waals surface area contributed by atoms with E-state index in [4.69, 9.17) is 4.42 Å². The third-order valence-corrected chi connectivity index (χ3v) is 4.12. The number of urea groups is 1. The van der Waals surface area contributed by atoms with Crippen LogP contribution >= 0.6 is 0 Å². The first-order valence-electron chi connectivity index (χ1n) is 8.06. The van der Waals surface area contributed by atoms with Crippen LogP contribution in [0.1, 0.15) is 12.2 Å². The van der Waals surface area contributed by atoms with E-state index < -0.39 is 0 Å². The molecule has 0 saturated heterocycles. The molecule has 0 radical (unpaired) electrons. The van der Waals surface area contributed by atoms with Crippen molar-refractivity contribution in [3.05, 3.63) is 47.7 Å². The van der Waals surface area contributed by atoms with Crippen molar-refractivity contribution in [1.82, 2.24) is 15.5 Å². The van der Waals surface area contributed by atoms with Gasteiger partial charge in [0.2, 0.25) is 0 Å². The number of likely N-dealkylation sites (N-methyl/N-ethyl adjacent to an activating group) is 1. The number of fused-ring (bicyclic) bond motifs is 1. The fourth-order valence-corrected chi connectivity index (χ4v) is 2.69. The molecule has 122 valence electrons. The molecular weight excluding hydrogens is 290 g/mol. The molecule has 0 aliphatic carbocycles. The fraction of sp³-hybridized carbons (Fsp3) is 0.389. The number of para-hydroxylation sites is 1. The van der Waals surface area contributed by atoms with Gasteiger partial charge in [-0.2, -0.15) is 0 Å². The van der Waals surface area contributed by atoms with E-state index in [0.29, 0.717) is 19.5 Å². The molecule has 1 aromatic carbocycles.